The van der Waals surface area contributed by atoms with E-state index in [0.29, 0.717) is 40.2 Å². The third-order valence-corrected chi connectivity index (χ3v) is 8.68. The number of hydrogen-bond donors (Lipinski definition) is 1. The summed E-state index contributed by atoms with van der Waals surface area (Å²) in [7, 11) is 0. The molecule has 1 aromatic heterocycles. The molecule has 8 nitrogen and oxygen atoms in total. The molecule has 1 fully saturated rings. The summed E-state index contributed by atoms with van der Waals surface area (Å²) in [6, 6.07) is 17.5. The number of rotatable bonds is 10. The van der Waals surface area contributed by atoms with E-state index in [1.54, 1.807) is 51.6 Å². The highest BCUT2D eigenvalue weighted by atomic mass is 32.2. The molecule has 42 heavy (non-hydrogen) atoms. The number of fused-ring (bicyclic) bond motifs is 1. The zero-order valence-corrected chi connectivity index (χ0v) is 23.6. The van der Waals surface area contributed by atoms with Crippen LogP contribution in [0.2, 0.25) is 0 Å². The van der Waals surface area contributed by atoms with Crippen molar-refractivity contribution in [3.8, 4) is 5.69 Å². The monoisotopic (exact) mass is 600 g/mol. The molecule has 222 valence electrons. The first kappa shape index (κ1) is 29.8. The van der Waals surface area contributed by atoms with Gasteiger partial charge in [0.1, 0.15) is 6.10 Å². The first-order valence-corrected chi connectivity index (χ1v) is 14.8. The largest absolute Gasteiger partial charge is 0.490 e. The molecule has 1 saturated carbocycles. The second-order valence-corrected chi connectivity index (χ2v) is 11.6. The van der Waals surface area contributed by atoms with Crippen LogP contribution in [0.1, 0.15) is 48.6 Å². The number of alkyl halides is 3. The van der Waals surface area contributed by atoms with Gasteiger partial charge in [0, 0.05) is 37.7 Å². The number of ether oxygens (including phenoxy) is 1. The van der Waals surface area contributed by atoms with E-state index in [2.05, 4.69) is 5.32 Å². The molecule has 1 atom stereocenters. The molecule has 12 heteroatoms. The summed E-state index contributed by atoms with van der Waals surface area (Å²) in [5, 5.41) is 4.06. The maximum absolute atomic E-state index is 13.8. The molecular formula is C30H31F3N4O4S. The van der Waals surface area contributed by atoms with Crippen LogP contribution in [-0.2, 0) is 27.3 Å². The van der Waals surface area contributed by atoms with Gasteiger partial charge >= 0.3 is 12.1 Å². The van der Waals surface area contributed by atoms with Crippen LogP contribution in [0, 0.1) is 0 Å². The highest BCUT2D eigenvalue weighted by Crippen LogP contribution is 2.36. The Balaban J connectivity index is 1.23. The summed E-state index contributed by atoms with van der Waals surface area (Å²) in [6.45, 7) is 0.599. The molecule has 1 amide bonds. The van der Waals surface area contributed by atoms with Crippen LogP contribution in [0.15, 0.2) is 70.6 Å². The fourth-order valence-corrected chi connectivity index (χ4v) is 6.19. The molecule has 1 aliphatic carbocycles. The quantitative estimate of drug-likeness (QED) is 0.207. The topological polar surface area (TPSA) is 93.5 Å². The number of nitrogens with one attached hydrogen (secondary N) is 1. The van der Waals surface area contributed by atoms with E-state index in [1.165, 1.54) is 6.42 Å². The van der Waals surface area contributed by atoms with Crippen LogP contribution in [-0.4, -0.2) is 57.4 Å². The normalized spacial score (nSPS) is 15.9. The molecule has 3 aromatic rings. The van der Waals surface area contributed by atoms with E-state index in [-0.39, 0.29) is 37.5 Å². The molecule has 2 heterocycles. The Morgan fingerprint density at radius 1 is 1.07 bits per heavy atom. The lowest BCUT2D eigenvalue weighted by Gasteiger charge is -2.30. The summed E-state index contributed by atoms with van der Waals surface area (Å²) in [6.07, 6.45) is -2.40. The van der Waals surface area contributed by atoms with Gasteiger partial charge in [-0.15, -0.1) is 0 Å². The van der Waals surface area contributed by atoms with E-state index in [0.717, 1.165) is 18.5 Å². The van der Waals surface area contributed by atoms with Crippen LogP contribution in [0.4, 0.5) is 13.2 Å². The predicted octanol–water partition coefficient (Wildman–Crippen LogP) is 4.59. The fourth-order valence-electron chi connectivity index (χ4n) is 4.87. The summed E-state index contributed by atoms with van der Waals surface area (Å²) >= 11 is 1.63. The van der Waals surface area contributed by atoms with E-state index in [9.17, 15) is 27.6 Å². The molecular weight excluding hydrogens is 569 g/mol. The molecule has 0 radical (unpaired) electrons. The Morgan fingerprint density at radius 2 is 1.76 bits per heavy atom. The van der Waals surface area contributed by atoms with Crippen molar-refractivity contribution in [2.45, 2.75) is 61.3 Å². The number of esters is 1. The summed E-state index contributed by atoms with van der Waals surface area (Å²) in [5.74, 6) is -2.47. The lowest BCUT2D eigenvalue weighted by atomic mass is 10.0. The first-order valence-electron chi connectivity index (χ1n) is 13.9. The van der Waals surface area contributed by atoms with Crippen molar-refractivity contribution in [3.05, 3.63) is 87.8 Å². The van der Waals surface area contributed by atoms with Crippen molar-refractivity contribution < 1.29 is 27.5 Å². The number of para-hydroxylation sites is 1. The SMILES string of the molecule is O=C(CCNCC(OC(=O)C(F)(F)F)c1ccccc1)N1CCc2nc(SC3CCC3)n(-c3ccccc3)c(=O)c2C1. The number of hydrogen-bond acceptors (Lipinski definition) is 7. The van der Waals surface area contributed by atoms with Crippen LogP contribution in [0.5, 0.6) is 0 Å². The number of halogens is 3. The Hall–Kier alpha value is -3.64. The van der Waals surface area contributed by atoms with E-state index >= 15 is 0 Å². The maximum Gasteiger partial charge on any atom is 0.490 e. The molecule has 0 spiro atoms. The van der Waals surface area contributed by atoms with Gasteiger partial charge in [-0.25, -0.2) is 9.78 Å². The third kappa shape index (κ3) is 7.04. The lowest BCUT2D eigenvalue weighted by Crippen LogP contribution is -2.42. The van der Waals surface area contributed by atoms with Gasteiger partial charge in [-0.3, -0.25) is 14.2 Å². The summed E-state index contributed by atoms with van der Waals surface area (Å²) < 4.78 is 44.8. The molecule has 0 bridgehead atoms. The zero-order valence-electron chi connectivity index (χ0n) is 22.8. The highest BCUT2D eigenvalue weighted by molar-refractivity contribution is 7.99. The number of carbonyl (C=O) groups is 2. The Kier molecular flexibility index (Phi) is 9.32. The third-order valence-electron chi connectivity index (χ3n) is 7.39. The maximum atomic E-state index is 13.8. The number of aromatic nitrogens is 2. The van der Waals surface area contributed by atoms with Gasteiger partial charge in [0.05, 0.1) is 23.5 Å². The van der Waals surface area contributed by atoms with Crippen molar-refractivity contribution in [1.82, 2.24) is 19.8 Å². The van der Waals surface area contributed by atoms with Gasteiger partial charge in [0.2, 0.25) is 5.91 Å². The van der Waals surface area contributed by atoms with Gasteiger partial charge in [-0.05, 0) is 30.5 Å². The van der Waals surface area contributed by atoms with Gasteiger partial charge < -0.3 is 15.0 Å². The minimum atomic E-state index is -5.11. The van der Waals surface area contributed by atoms with E-state index in [1.807, 2.05) is 30.3 Å². The van der Waals surface area contributed by atoms with E-state index in [4.69, 9.17) is 9.72 Å². The molecule has 2 aliphatic rings. The Labute approximate surface area is 245 Å². The first-order chi connectivity index (χ1) is 20.2. The average Bonchev–Trinajstić information content (AvgIpc) is 2.96. The van der Waals surface area contributed by atoms with E-state index < -0.39 is 18.2 Å². The van der Waals surface area contributed by atoms with Crippen molar-refractivity contribution >= 4 is 23.6 Å². The number of benzene rings is 2. The van der Waals surface area contributed by atoms with Crippen LogP contribution in [0.3, 0.4) is 0 Å². The minimum absolute atomic E-state index is 0.0555. The predicted molar refractivity (Wildman–Crippen MR) is 151 cm³/mol. The Morgan fingerprint density at radius 3 is 2.40 bits per heavy atom. The molecule has 5 rings (SSSR count). The van der Waals surface area contributed by atoms with Gasteiger partial charge in [0.25, 0.3) is 5.56 Å². The van der Waals surface area contributed by atoms with Gasteiger partial charge in [-0.1, -0.05) is 66.7 Å². The van der Waals surface area contributed by atoms with Crippen LogP contribution < -0.4 is 10.9 Å². The number of nitrogens with zero attached hydrogens (tertiary/aromatic N) is 3. The average molecular weight is 601 g/mol. The lowest BCUT2D eigenvalue weighted by molar-refractivity contribution is -0.205. The molecule has 1 unspecified atom stereocenters. The fraction of sp³-hybridized carbons (Fsp3) is 0.400. The second kappa shape index (κ2) is 13.1. The number of thioether (sulfide) groups is 1. The van der Waals surface area contributed by atoms with Crippen molar-refractivity contribution in [2.75, 3.05) is 19.6 Å². The molecule has 1 aliphatic heterocycles. The van der Waals surface area contributed by atoms with Crippen molar-refractivity contribution in [3.63, 3.8) is 0 Å². The Bertz CT molecular complexity index is 1460. The highest BCUT2D eigenvalue weighted by Gasteiger charge is 2.42. The summed E-state index contributed by atoms with van der Waals surface area (Å²) in [4.78, 5) is 44.8. The minimum Gasteiger partial charge on any atom is -0.449 e. The smallest absolute Gasteiger partial charge is 0.449 e. The second-order valence-electron chi connectivity index (χ2n) is 10.3. The summed E-state index contributed by atoms with van der Waals surface area (Å²) in [5.41, 5.74) is 2.16. The van der Waals surface area contributed by atoms with Crippen molar-refractivity contribution in [1.29, 1.82) is 0 Å². The molecule has 2 aromatic carbocycles. The number of amides is 1. The van der Waals surface area contributed by atoms with Crippen LogP contribution >= 0.6 is 11.8 Å². The zero-order chi connectivity index (χ0) is 29.7. The molecule has 1 N–H and O–H groups in total. The van der Waals surface area contributed by atoms with Gasteiger partial charge in [-0.2, -0.15) is 13.2 Å². The van der Waals surface area contributed by atoms with Crippen LogP contribution in [0.25, 0.3) is 5.69 Å². The van der Waals surface area contributed by atoms with Crippen molar-refractivity contribution in [2.24, 2.45) is 0 Å². The number of carbonyl (C=O) groups excluding carboxylic acids is 2. The standard InChI is InChI=1S/C30H31F3N4O4S/c31-30(32,33)28(40)41-25(20-8-3-1-4-9-20)18-34-16-14-26(38)36-17-15-24-23(19-36)27(39)37(21-10-5-2-6-11-21)29(35-24)42-22-12-7-13-22/h1-6,8-11,22,25,34H,7,12-19H2. The molecule has 0 saturated heterocycles. The van der Waals surface area contributed by atoms with Gasteiger partial charge in [0.15, 0.2) is 5.16 Å².